The Labute approximate surface area is 174 Å². The smallest absolute Gasteiger partial charge is 0.287 e. The molecular formula is C22H23N3O5. The molecule has 3 aromatic rings. The fraction of sp³-hybridized carbons (Fsp3) is 0.182. The minimum Gasteiger partial charge on any atom is -0.493 e. The van der Waals surface area contributed by atoms with E-state index in [4.69, 9.17) is 18.9 Å². The Balaban J connectivity index is 1.75. The van der Waals surface area contributed by atoms with Crippen molar-refractivity contribution >= 4 is 23.0 Å². The van der Waals surface area contributed by atoms with E-state index in [9.17, 15) is 4.79 Å². The summed E-state index contributed by atoms with van der Waals surface area (Å²) in [5.74, 6) is 1.74. The van der Waals surface area contributed by atoms with Gasteiger partial charge < -0.3 is 23.9 Å². The summed E-state index contributed by atoms with van der Waals surface area (Å²) < 4.78 is 21.6. The van der Waals surface area contributed by atoms with E-state index in [2.05, 4.69) is 22.1 Å². The lowest BCUT2D eigenvalue weighted by Gasteiger charge is -2.12. The number of carbonyl (C=O) groups excluding carboxylic acids is 1. The molecule has 1 heterocycles. The Kier molecular flexibility index (Phi) is 6.59. The van der Waals surface area contributed by atoms with E-state index in [0.717, 1.165) is 16.7 Å². The summed E-state index contributed by atoms with van der Waals surface area (Å²) in [6.07, 6.45) is 3.22. The molecule has 0 saturated heterocycles. The number of nitrogens with one attached hydrogen (secondary N) is 2. The first-order valence-electron chi connectivity index (χ1n) is 9.10. The average Bonchev–Trinajstić information content (AvgIpc) is 3.21. The van der Waals surface area contributed by atoms with Gasteiger partial charge in [-0.25, -0.2) is 5.43 Å². The van der Waals surface area contributed by atoms with Gasteiger partial charge >= 0.3 is 0 Å². The molecule has 0 atom stereocenters. The molecule has 0 radical (unpaired) electrons. The maximum atomic E-state index is 12.5. The van der Waals surface area contributed by atoms with E-state index >= 15 is 0 Å². The number of hydrazone groups is 1. The van der Waals surface area contributed by atoms with Crippen molar-refractivity contribution in [3.8, 4) is 23.0 Å². The molecule has 1 amide bonds. The van der Waals surface area contributed by atoms with E-state index in [-0.39, 0.29) is 0 Å². The number of ether oxygens (including phenoxy) is 4. The van der Waals surface area contributed by atoms with Gasteiger partial charge in [0.2, 0.25) is 5.75 Å². The van der Waals surface area contributed by atoms with E-state index in [1.807, 2.05) is 24.3 Å². The van der Waals surface area contributed by atoms with Crippen molar-refractivity contribution in [3.63, 3.8) is 0 Å². The predicted octanol–water partition coefficient (Wildman–Crippen LogP) is 3.52. The van der Waals surface area contributed by atoms with Crippen LogP contribution in [0, 0.1) is 0 Å². The number of methoxy groups -OCH3 is 3. The molecule has 2 N–H and O–H groups in total. The fourth-order valence-corrected chi connectivity index (χ4v) is 2.90. The first-order valence-corrected chi connectivity index (χ1v) is 9.10. The SMILES string of the molecule is C=CCOc1ccc(/C=N\NC(=O)c2cc3cc(OC)c(OC)c(OC)c3[nH]2)cc1. The average molecular weight is 409 g/mol. The Morgan fingerprint density at radius 1 is 1.10 bits per heavy atom. The number of nitrogens with zero attached hydrogens (tertiary/aromatic N) is 1. The molecular weight excluding hydrogens is 386 g/mol. The number of rotatable bonds is 9. The minimum absolute atomic E-state index is 0.323. The Bertz CT molecular complexity index is 1070. The summed E-state index contributed by atoms with van der Waals surface area (Å²) in [5, 5.41) is 4.75. The van der Waals surface area contributed by atoms with Crippen LogP contribution in [0.3, 0.4) is 0 Å². The molecule has 0 spiro atoms. The molecule has 0 saturated carbocycles. The maximum absolute atomic E-state index is 12.5. The standard InChI is InChI=1S/C22H23N3O5/c1-5-10-30-16-8-6-14(7-9-16)13-23-25-22(26)17-11-15-12-18(27-2)20(28-3)21(29-4)19(15)24-17/h5-9,11-13,24H,1,10H2,2-4H3,(H,25,26)/b23-13-. The van der Waals surface area contributed by atoms with Crippen molar-refractivity contribution in [1.29, 1.82) is 0 Å². The Morgan fingerprint density at radius 3 is 2.47 bits per heavy atom. The lowest BCUT2D eigenvalue weighted by Crippen LogP contribution is -2.17. The third-order valence-corrected chi connectivity index (χ3v) is 4.29. The van der Waals surface area contributed by atoms with Crippen LogP contribution in [0.15, 0.2) is 54.2 Å². The van der Waals surface area contributed by atoms with Gasteiger partial charge in [-0.2, -0.15) is 5.10 Å². The summed E-state index contributed by atoms with van der Waals surface area (Å²) in [5.41, 5.74) is 4.26. The number of hydrogen-bond acceptors (Lipinski definition) is 6. The van der Waals surface area contributed by atoms with Gasteiger partial charge in [0.15, 0.2) is 11.5 Å². The normalized spacial score (nSPS) is 10.8. The van der Waals surface area contributed by atoms with E-state index in [1.54, 1.807) is 24.4 Å². The second-order valence-corrected chi connectivity index (χ2v) is 6.16. The molecule has 0 bridgehead atoms. The third-order valence-electron chi connectivity index (χ3n) is 4.29. The third kappa shape index (κ3) is 4.38. The van der Waals surface area contributed by atoms with Gasteiger partial charge in [-0.15, -0.1) is 0 Å². The second kappa shape index (κ2) is 9.51. The summed E-state index contributed by atoms with van der Waals surface area (Å²) in [7, 11) is 4.58. The van der Waals surface area contributed by atoms with Gasteiger partial charge in [0.1, 0.15) is 18.1 Å². The van der Waals surface area contributed by atoms with Crippen molar-refractivity contribution in [1.82, 2.24) is 10.4 Å². The maximum Gasteiger partial charge on any atom is 0.287 e. The molecule has 2 aromatic carbocycles. The summed E-state index contributed by atoms with van der Waals surface area (Å²) in [6.45, 7) is 4.05. The van der Waals surface area contributed by atoms with Gasteiger partial charge in [-0.3, -0.25) is 4.79 Å². The molecule has 8 nitrogen and oxygen atoms in total. The lowest BCUT2D eigenvalue weighted by molar-refractivity contribution is 0.0951. The lowest BCUT2D eigenvalue weighted by atomic mass is 10.2. The van der Waals surface area contributed by atoms with Crippen LogP contribution in [-0.2, 0) is 0 Å². The molecule has 3 rings (SSSR count). The molecule has 0 aliphatic heterocycles. The number of amides is 1. The molecule has 0 aliphatic carbocycles. The van der Waals surface area contributed by atoms with Crippen LogP contribution < -0.4 is 24.4 Å². The van der Waals surface area contributed by atoms with E-state index in [0.29, 0.717) is 35.1 Å². The molecule has 156 valence electrons. The minimum atomic E-state index is -0.395. The number of fused-ring (bicyclic) bond motifs is 1. The Hall–Kier alpha value is -3.94. The van der Waals surface area contributed by atoms with Crippen molar-refractivity contribution in [2.75, 3.05) is 27.9 Å². The Morgan fingerprint density at radius 2 is 1.83 bits per heavy atom. The zero-order valence-corrected chi connectivity index (χ0v) is 17.0. The number of hydrogen-bond donors (Lipinski definition) is 2. The second-order valence-electron chi connectivity index (χ2n) is 6.16. The van der Waals surface area contributed by atoms with E-state index < -0.39 is 5.91 Å². The van der Waals surface area contributed by atoms with Crippen molar-refractivity contribution in [2.24, 2.45) is 5.10 Å². The van der Waals surface area contributed by atoms with E-state index in [1.165, 1.54) is 21.3 Å². The van der Waals surface area contributed by atoms with Crippen molar-refractivity contribution < 1.29 is 23.7 Å². The van der Waals surface area contributed by atoms with Gasteiger partial charge in [0.25, 0.3) is 5.91 Å². The quantitative estimate of drug-likeness (QED) is 0.320. The number of benzene rings is 2. The monoisotopic (exact) mass is 409 g/mol. The zero-order valence-electron chi connectivity index (χ0n) is 17.0. The molecule has 0 aliphatic rings. The molecule has 1 aromatic heterocycles. The summed E-state index contributed by atoms with van der Waals surface area (Å²) in [6, 6.07) is 10.8. The first-order chi connectivity index (χ1) is 14.6. The van der Waals surface area contributed by atoms with Crippen LogP contribution in [-0.4, -0.2) is 45.0 Å². The molecule has 30 heavy (non-hydrogen) atoms. The molecule has 0 fully saturated rings. The van der Waals surface area contributed by atoms with Gasteiger partial charge in [0.05, 0.1) is 33.1 Å². The van der Waals surface area contributed by atoms with Crippen LogP contribution in [0.5, 0.6) is 23.0 Å². The predicted molar refractivity (Wildman–Crippen MR) is 115 cm³/mol. The topological polar surface area (TPSA) is 94.2 Å². The summed E-state index contributed by atoms with van der Waals surface area (Å²) >= 11 is 0. The van der Waals surface area contributed by atoms with Gasteiger partial charge in [-0.1, -0.05) is 12.7 Å². The van der Waals surface area contributed by atoms with Gasteiger partial charge in [0, 0.05) is 5.39 Å². The largest absolute Gasteiger partial charge is 0.493 e. The fourth-order valence-electron chi connectivity index (χ4n) is 2.90. The zero-order chi connectivity index (χ0) is 21.5. The number of aromatic amines is 1. The number of aromatic nitrogens is 1. The number of H-pyrrole nitrogens is 1. The molecule has 8 heteroatoms. The van der Waals surface area contributed by atoms with Crippen LogP contribution in [0.4, 0.5) is 0 Å². The van der Waals surface area contributed by atoms with Crippen molar-refractivity contribution in [2.45, 2.75) is 0 Å². The highest BCUT2D eigenvalue weighted by Gasteiger charge is 2.19. The van der Waals surface area contributed by atoms with Gasteiger partial charge in [-0.05, 0) is 42.0 Å². The number of carbonyl (C=O) groups is 1. The van der Waals surface area contributed by atoms with Crippen LogP contribution >= 0.6 is 0 Å². The highest BCUT2D eigenvalue weighted by atomic mass is 16.5. The molecule has 0 unspecified atom stereocenters. The van der Waals surface area contributed by atoms with Crippen LogP contribution in [0.1, 0.15) is 16.1 Å². The van der Waals surface area contributed by atoms with Crippen molar-refractivity contribution in [3.05, 3.63) is 60.3 Å². The van der Waals surface area contributed by atoms with Crippen LogP contribution in [0.2, 0.25) is 0 Å². The van der Waals surface area contributed by atoms with Crippen LogP contribution in [0.25, 0.3) is 10.9 Å². The highest BCUT2D eigenvalue weighted by Crippen LogP contribution is 2.43. The first kappa shape index (κ1) is 20.8. The highest BCUT2D eigenvalue weighted by molar-refractivity contribution is 6.01. The summed E-state index contributed by atoms with van der Waals surface area (Å²) in [4.78, 5) is 15.5.